The number of rotatable bonds is 3. The molecule has 0 aromatic heterocycles. The quantitative estimate of drug-likeness (QED) is 0.605. The molecule has 4 nitrogen and oxygen atoms in total. The molecule has 0 spiro atoms. The van der Waals surface area contributed by atoms with Crippen molar-refractivity contribution >= 4 is 6.03 Å². The molecule has 0 radical (unpaired) electrons. The van der Waals surface area contributed by atoms with E-state index in [1.807, 2.05) is 13.8 Å². The van der Waals surface area contributed by atoms with E-state index in [2.05, 4.69) is 11.2 Å². The van der Waals surface area contributed by atoms with Crippen molar-refractivity contribution in [3.63, 3.8) is 0 Å². The molecule has 0 aliphatic rings. The highest BCUT2D eigenvalue weighted by Crippen LogP contribution is 2.09. The molecular weight excluding hydrogens is 166 g/mol. The normalized spacial score (nSPS) is 10.4. The maximum atomic E-state index is 11.4. The van der Waals surface area contributed by atoms with E-state index in [4.69, 9.17) is 12.2 Å². The van der Waals surface area contributed by atoms with E-state index in [1.165, 1.54) is 0 Å². The van der Waals surface area contributed by atoms with Crippen LogP contribution < -0.4 is 11.1 Å². The summed E-state index contributed by atoms with van der Waals surface area (Å²) >= 11 is 0. The number of carbonyl (C=O) groups is 1. The Morgan fingerprint density at radius 1 is 1.69 bits per heavy atom. The number of terminal acetylenes is 1. The van der Waals surface area contributed by atoms with Gasteiger partial charge in [0, 0.05) is 13.6 Å². The molecule has 0 rings (SSSR count). The maximum Gasteiger partial charge on any atom is 0.318 e. The lowest BCUT2D eigenvalue weighted by Crippen LogP contribution is -2.53. The Hall–Kier alpha value is -1.21. The molecule has 13 heavy (non-hydrogen) atoms. The second-order valence-corrected chi connectivity index (χ2v) is 3.44. The molecule has 0 aromatic rings. The Balaban J connectivity index is 4.18. The van der Waals surface area contributed by atoms with Gasteiger partial charge < -0.3 is 16.0 Å². The number of hydrogen-bond acceptors (Lipinski definition) is 2. The monoisotopic (exact) mass is 183 g/mol. The van der Waals surface area contributed by atoms with Gasteiger partial charge in [0.25, 0.3) is 0 Å². The van der Waals surface area contributed by atoms with Crippen LogP contribution in [0.5, 0.6) is 0 Å². The van der Waals surface area contributed by atoms with Gasteiger partial charge in [-0.2, -0.15) is 0 Å². The van der Waals surface area contributed by atoms with Gasteiger partial charge in [-0.1, -0.05) is 5.92 Å². The fourth-order valence-corrected chi connectivity index (χ4v) is 0.657. The molecule has 0 bridgehead atoms. The van der Waals surface area contributed by atoms with Gasteiger partial charge in [-0.25, -0.2) is 4.79 Å². The number of hydrogen-bond donors (Lipinski definition) is 2. The van der Waals surface area contributed by atoms with Crippen molar-refractivity contribution in [2.24, 2.45) is 5.73 Å². The Labute approximate surface area is 79.5 Å². The molecule has 0 saturated carbocycles. The van der Waals surface area contributed by atoms with Crippen molar-refractivity contribution in [2.75, 3.05) is 20.1 Å². The molecule has 2 amide bonds. The minimum absolute atomic E-state index is 0.201. The molecule has 0 aromatic carbocycles. The number of urea groups is 1. The fraction of sp³-hybridized carbons (Fsp3) is 0.667. The first-order chi connectivity index (χ1) is 5.95. The number of nitrogens with zero attached hydrogens (tertiary/aromatic N) is 1. The van der Waals surface area contributed by atoms with Crippen LogP contribution in [0.4, 0.5) is 4.79 Å². The summed E-state index contributed by atoms with van der Waals surface area (Å²) in [6.45, 7) is 4.43. The van der Waals surface area contributed by atoms with Crippen molar-refractivity contribution in [1.29, 1.82) is 0 Å². The van der Waals surface area contributed by atoms with Gasteiger partial charge in [0.15, 0.2) is 0 Å². The summed E-state index contributed by atoms with van der Waals surface area (Å²) < 4.78 is 0. The molecular formula is C9H17N3O. The van der Waals surface area contributed by atoms with Crippen LogP contribution in [0.15, 0.2) is 0 Å². The third-order valence-corrected chi connectivity index (χ3v) is 2.05. The summed E-state index contributed by atoms with van der Waals surface area (Å²) in [5, 5.41) is 2.57. The molecule has 0 heterocycles. The zero-order valence-electron chi connectivity index (χ0n) is 8.42. The molecule has 4 heteroatoms. The van der Waals surface area contributed by atoms with Crippen LogP contribution in [-0.4, -0.2) is 36.6 Å². The number of amides is 2. The van der Waals surface area contributed by atoms with E-state index >= 15 is 0 Å². The van der Waals surface area contributed by atoms with Crippen molar-refractivity contribution in [2.45, 2.75) is 19.4 Å². The zero-order chi connectivity index (χ0) is 10.5. The van der Waals surface area contributed by atoms with E-state index < -0.39 is 0 Å². The van der Waals surface area contributed by atoms with E-state index in [9.17, 15) is 4.79 Å². The summed E-state index contributed by atoms with van der Waals surface area (Å²) in [4.78, 5) is 12.9. The lowest BCUT2D eigenvalue weighted by atomic mass is 10.1. The summed E-state index contributed by atoms with van der Waals surface area (Å²) in [6, 6.07) is -0.201. The molecule has 0 saturated heterocycles. The first-order valence-electron chi connectivity index (χ1n) is 4.11. The lowest BCUT2D eigenvalue weighted by molar-refractivity contribution is 0.161. The smallest absolute Gasteiger partial charge is 0.318 e. The highest BCUT2D eigenvalue weighted by molar-refractivity contribution is 5.75. The minimum Gasteiger partial charge on any atom is -0.328 e. The molecule has 0 aliphatic heterocycles. The van der Waals surface area contributed by atoms with Gasteiger partial charge in [-0.05, 0) is 13.8 Å². The van der Waals surface area contributed by atoms with Gasteiger partial charge in [0.2, 0.25) is 0 Å². The molecule has 74 valence electrons. The first kappa shape index (κ1) is 11.8. The van der Waals surface area contributed by atoms with E-state index in [0.717, 1.165) is 0 Å². The van der Waals surface area contributed by atoms with Crippen molar-refractivity contribution < 1.29 is 4.79 Å². The summed E-state index contributed by atoms with van der Waals surface area (Å²) in [6.07, 6.45) is 5.01. The predicted octanol–water partition coefficient (Wildman–Crippen LogP) is -0.00170. The summed E-state index contributed by atoms with van der Waals surface area (Å²) in [5.41, 5.74) is 5.16. The van der Waals surface area contributed by atoms with Crippen LogP contribution in [0.3, 0.4) is 0 Å². The van der Waals surface area contributed by atoms with Crippen molar-refractivity contribution in [3.05, 3.63) is 0 Å². The number of carbonyl (C=O) groups excluding carboxylic acids is 1. The number of nitrogens with two attached hydrogens (primary N) is 1. The van der Waals surface area contributed by atoms with Crippen molar-refractivity contribution in [1.82, 2.24) is 10.2 Å². The van der Waals surface area contributed by atoms with E-state index in [-0.39, 0.29) is 18.1 Å². The highest BCUT2D eigenvalue weighted by atomic mass is 16.2. The average Bonchev–Trinajstić information content (AvgIpc) is 2.12. The third-order valence-electron chi connectivity index (χ3n) is 2.05. The zero-order valence-corrected chi connectivity index (χ0v) is 8.42. The van der Waals surface area contributed by atoms with Crippen LogP contribution in [-0.2, 0) is 0 Å². The summed E-state index contributed by atoms with van der Waals surface area (Å²) in [7, 11) is 1.69. The molecule has 0 atom stereocenters. The molecule has 0 unspecified atom stereocenters. The second kappa shape index (κ2) is 4.73. The minimum atomic E-state index is -0.349. The average molecular weight is 183 g/mol. The van der Waals surface area contributed by atoms with Crippen LogP contribution in [0.1, 0.15) is 13.8 Å². The van der Waals surface area contributed by atoms with Gasteiger partial charge in [-0.3, -0.25) is 0 Å². The topological polar surface area (TPSA) is 58.4 Å². The predicted molar refractivity (Wildman–Crippen MR) is 53.1 cm³/mol. The summed E-state index contributed by atoms with van der Waals surface area (Å²) in [5.74, 6) is 2.33. The maximum absolute atomic E-state index is 11.4. The van der Waals surface area contributed by atoms with E-state index in [1.54, 1.807) is 11.9 Å². The third kappa shape index (κ3) is 3.34. The lowest BCUT2D eigenvalue weighted by Gasteiger charge is -2.34. The Morgan fingerprint density at radius 2 is 2.23 bits per heavy atom. The highest BCUT2D eigenvalue weighted by Gasteiger charge is 2.25. The Bertz CT molecular complexity index is 217. The van der Waals surface area contributed by atoms with Gasteiger partial charge in [0.1, 0.15) is 0 Å². The van der Waals surface area contributed by atoms with Crippen molar-refractivity contribution in [3.8, 4) is 12.3 Å². The standard InChI is InChI=1S/C9H17N3O/c1-5-6-11-8(13)12(4)9(2,3)7-10/h1H,6-7,10H2,2-4H3,(H,11,13). The number of nitrogens with one attached hydrogen (secondary N) is 1. The van der Waals surface area contributed by atoms with Crippen LogP contribution in [0.25, 0.3) is 0 Å². The molecule has 3 N–H and O–H groups in total. The van der Waals surface area contributed by atoms with Crippen LogP contribution in [0.2, 0.25) is 0 Å². The SMILES string of the molecule is C#CCNC(=O)N(C)C(C)(C)CN. The number of likely N-dealkylation sites (N-methyl/N-ethyl adjacent to an activating group) is 1. The Kier molecular flexibility index (Phi) is 4.29. The van der Waals surface area contributed by atoms with Crippen LogP contribution in [0, 0.1) is 12.3 Å². The van der Waals surface area contributed by atoms with Gasteiger partial charge in [-0.15, -0.1) is 6.42 Å². The van der Waals surface area contributed by atoms with E-state index in [0.29, 0.717) is 6.54 Å². The molecule has 0 aliphatic carbocycles. The first-order valence-corrected chi connectivity index (χ1v) is 4.11. The van der Waals surface area contributed by atoms with Gasteiger partial charge >= 0.3 is 6.03 Å². The van der Waals surface area contributed by atoms with Crippen LogP contribution >= 0.6 is 0 Å². The fourth-order valence-electron chi connectivity index (χ4n) is 0.657. The largest absolute Gasteiger partial charge is 0.328 e. The van der Waals surface area contributed by atoms with Gasteiger partial charge in [0.05, 0.1) is 12.1 Å². The Morgan fingerprint density at radius 3 is 2.62 bits per heavy atom. The molecule has 0 fully saturated rings. The second-order valence-electron chi connectivity index (χ2n) is 3.44.